The third-order valence-corrected chi connectivity index (χ3v) is 3.16. The fraction of sp³-hybridized carbons (Fsp3) is 0.636. The minimum Gasteiger partial charge on any atom is -0.338 e. The van der Waals surface area contributed by atoms with Gasteiger partial charge in [0.25, 0.3) is 0 Å². The molecule has 0 aromatic carbocycles. The molecule has 17 heavy (non-hydrogen) atoms. The van der Waals surface area contributed by atoms with Crippen LogP contribution in [0, 0.1) is 0 Å². The van der Waals surface area contributed by atoms with Crippen LogP contribution in [0.3, 0.4) is 0 Å². The molecule has 2 heterocycles. The second-order valence-electron chi connectivity index (χ2n) is 4.55. The van der Waals surface area contributed by atoms with Gasteiger partial charge in [0, 0.05) is 45.0 Å². The lowest BCUT2D eigenvalue weighted by Gasteiger charge is -2.33. The van der Waals surface area contributed by atoms with Gasteiger partial charge in [-0.15, -0.1) is 0 Å². The highest BCUT2D eigenvalue weighted by Crippen LogP contribution is 2.13. The highest BCUT2D eigenvalue weighted by Gasteiger charge is 2.25. The summed E-state index contributed by atoms with van der Waals surface area (Å²) in [4.78, 5) is 16.2. The highest BCUT2D eigenvalue weighted by atomic mass is 16.2. The topological polar surface area (TPSA) is 67.4 Å². The lowest BCUT2D eigenvalue weighted by Crippen LogP contribution is -2.49. The lowest BCUT2D eigenvalue weighted by atomic mass is 10.1. The highest BCUT2D eigenvalue weighted by molar-refractivity contribution is 5.83. The van der Waals surface area contributed by atoms with Crippen molar-refractivity contribution in [3.8, 4) is 0 Å². The molecule has 6 heteroatoms. The van der Waals surface area contributed by atoms with Gasteiger partial charge in [0.15, 0.2) is 0 Å². The Hall–Kier alpha value is -1.40. The van der Waals surface area contributed by atoms with E-state index in [1.165, 1.54) is 0 Å². The van der Waals surface area contributed by atoms with Crippen LogP contribution in [0.5, 0.6) is 0 Å². The van der Waals surface area contributed by atoms with Crippen LogP contribution in [0.4, 0.5) is 0 Å². The number of carbonyl (C=O) groups is 1. The molecule has 1 saturated heterocycles. The van der Waals surface area contributed by atoms with E-state index in [0.717, 1.165) is 31.7 Å². The maximum Gasteiger partial charge on any atom is 0.244 e. The van der Waals surface area contributed by atoms with Crippen molar-refractivity contribution in [3.63, 3.8) is 0 Å². The molecule has 0 spiro atoms. The van der Waals surface area contributed by atoms with Crippen LogP contribution < -0.4 is 5.73 Å². The summed E-state index contributed by atoms with van der Waals surface area (Å²) >= 11 is 0. The van der Waals surface area contributed by atoms with Crippen LogP contribution in [0.25, 0.3) is 0 Å². The second kappa shape index (κ2) is 4.85. The molecule has 1 unspecified atom stereocenters. The average molecular weight is 237 g/mol. The van der Waals surface area contributed by atoms with Gasteiger partial charge >= 0.3 is 0 Å². The summed E-state index contributed by atoms with van der Waals surface area (Å²) in [5, 5.41) is 4.03. The quantitative estimate of drug-likeness (QED) is 0.731. The molecule has 0 saturated carbocycles. The Kier molecular flexibility index (Phi) is 3.44. The number of nitrogens with two attached hydrogens (primary N) is 1. The summed E-state index contributed by atoms with van der Waals surface area (Å²) in [5.41, 5.74) is 6.73. The molecule has 1 fully saturated rings. The Morgan fingerprint density at radius 2 is 2.00 bits per heavy atom. The molecular formula is C11H19N5O. The summed E-state index contributed by atoms with van der Waals surface area (Å²) in [7, 11) is 3.87. The average Bonchev–Trinajstić information content (AvgIpc) is 2.75. The zero-order chi connectivity index (χ0) is 12.4. The first-order valence-electron chi connectivity index (χ1n) is 5.79. The van der Waals surface area contributed by atoms with E-state index in [1.807, 2.05) is 11.9 Å². The zero-order valence-corrected chi connectivity index (χ0v) is 10.3. The van der Waals surface area contributed by atoms with Gasteiger partial charge < -0.3 is 15.5 Å². The molecule has 1 aromatic heterocycles. The Labute approximate surface area is 101 Å². The van der Waals surface area contributed by atoms with Gasteiger partial charge in [-0.25, -0.2) is 0 Å². The van der Waals surface area contributed by atoms with Gasteiger partial charge in [0.05, 0.1) is 6.20 Å². The number of hydrogen-bond acceptors (Lipinski definition) is 4. The van der Waals surface area contributed by atoms with E-state index in [1.54, 1.807) is 17.1 Å². The van der Waals surface area contributed by atoms with Crippen molar-refractivity contribution < 1.29 is 4.79 Å². The minimum absolute atomic E-state index is 0.00824. The maximum atomic E-state index is 12.2. The van der Waals surface area contributed by atoms with Crippen molar-refractivity contribution >= 4 is 5.91 Å². The van der Waals surface area contributed by atoms with Crippen LogP contribution in [0.15, 0.2) is 12.4 Å². The second-order valence-corrected chi connectivity index (χ2v) is 4.55. The van der Waals surface area contributed by atoms with Gasteiger partial charge in [-0.1, -0.05) is 0 Å². The van der Waals surface area contributed by atoms with Crippen LogP contribution in [0.2, 0.25) is 0 Å². The fourth-order valence-electron chi connectivity index (χ4n) is 1.97. The molecule has 1 aromatic rings. The van der Waals surface area contributed by atoms with Gasteiger partial charge in [-0.3, -0.25) is 9.48 Å². The smallest absolute Gasteiger partial charge is 0.244 e. The third kappa shape index (κ3) is 2.65. The van der Waals surface area contributed by atoms with Crippen molar-refractivity contribution in [2.45, 2.75) is 6.04 Å². The van der Waals surface area contributed by atoms with E-state index in [-0.39, 0.29) is 5.91 Å². The third-order valence-electron chi connectivity index (χ3n) is 3.16. The molecular weight excluding hydrogens is 218 g/mol. The first kappa shape index (κ1) is 12.1. The van der Waals surface area contributed by atoms with Crippen LogP contribution in [-0.2, 0) is 11.8 Å². The van der Waals surface area contributed by atoms with Crippen molar-refractivity contribution in [2.24, 2.45) is 12.8 Å². The summed E-state index contributed by atoms with van der Waals surface area (Å²) in [6.45, 7) is 3.32. The predicted octanol–water partition coefficient (Wildman–Crippen LogP) is -0.806. The summed E-state index contributed by atoms with van der Waals surface area (Å²) in [5.74, 6) is -0.00824. The standard InChI is InChI=1S/C11H19N5O/c1-14-3-5-16(6-4-14)11(17)10(12)9-7-13-15(2)8-9/h7-8,10H,3-6,12H2,1-2H3. The Morgan fingerprint density at radius 1 is 1.35 bits per heavy atom. The largest absolute Gasteiger partial charge is 0.338 e. The number of piperazine rings is 1. The monoisotopic (exact) mass is 237 g/mol. The molecule has 94 valence electrons. The Balaban J connectivity index is 2.00. The molecule has 1 aliphatic rings. The number of aryl methyl sites for hydroxylation is 1. The van der Waals surface area contributed by atoms with Gasteiger partial charge in [-0.2, -0.15) is 5.10 Å². The molecule has 1 aliphatic heterocycles. The molecule has 2 N–H and O–H groups in total. The number of hydrogen-bond donors (Lipinski definition) is 1. The van der Waals surface area contributed by atoms with Crippen molar-refractivity contribution in [1.29, 1.82) is 0 Å². The Bertz CT molecular complexity index is 394. The molecule has 2 rings (SSSR count). The van der Waals surface area contributed by atoms with E-state index in [0.29, 0.717) is 0 Å². The molecule has 0 aliphatic carbocycles. The summed E-state index contributed by atoms with van der Waals surface area (Å²) < 4.78 is 1.66. The summed E-state index contributed by atoms with van der Waals surface area (Å²) in [6, 6.07) is -0.591. The molecule has 0 bridgehead atoms. The number of nitrogens with zero attached hydrogens (tertiary/aromatic N) is 4. The number of carbonyl (C=O) groups excluding carboxylic acids is 1. The van der Waals surface area contributed by atoms with Crippen molar-refractivity contribution in [3.05, 3.63) is 18.0 Å². The van der Waals surface area contributed by atoms with E-state index < -0.39 is 6.04 Å². The fourth-order valence-corrected chi connectivity index (χ4v) is 1.97. The first-order valence-corrected chi connectivity index (χ1v) is 5.79. The molecule has 1 amide bonds. The van der Waals surface area contributed by atoms with Gasteiger partial charge in [-0.05, 0) is 7.05 Å². The number of likely N-dealkylation sites (N-methyl/N-ethyl adjacent to an activating group) is 1. The SMILES string of the molecule is CN1CCN(C(=O)C(N)c2cnn(C)c2)CC1. The number of rotatable bonds is 2. The molecule has 1 atom stereocenters. The first-order chi connectivity index (χ1) is 8.08. The predicted molar refractivity (Wildman–Crippen MR) is 64.2 cm³/mol. The maximum absolute atomic E-state index is 12.2. The van der Waals surface area contributed by atoms with Crippen molar-refractivity contribution in [1.82, 2.24) is 19.6 Å². The van der Waals surface area contributed by atoms with Crippen molar-refractivity contribution in [2.75, 3.05) is 33.2 Å². The number of aromatic nitrogens is 2. The van der Waals surface area contributed by atoms with Gasteiger partial charge in [0.1, 0.15) is 6.04 Å². The molecule has 6 nitrogen and oxygen atoms in total. The normalized spacial score (nSPS) is 19.4. The van der Waals surface area contributed by atoms with E-state index >= 15 is 0 Å². The lowest BCUT2D eigenvalue weighted by molar-refractivity contribution is -0.134. The molecule has 0 radical (unpaired) electrons. The Morgan fingerprint density at radius 3 is 2.53 bits per heavy atom. The van der Waals surface area contributed by atoms with Crippen LogP contribution in [-0.4, -0.2) is 58.7 Å². The number of amides is 1. The van der Waals surface area contributed by atoms with Crippen LogP contribution in [0.1, 0.15) is 11.6 Å². The van der Waals surface area contributed by atoms with E-state index in [9.17, 15) is 4.79 Å². The van der Waals surface area contributed by atoms with E-state index in [2.05, 4.69) is 17.0 Å². The van der Waals surface area contributed by atoms with Crippen LogP contribution >= 0.6 is 0 Å². The zero-order valence-electron chi connectivity index (χ0n) is 10.3. The van der Waals surface area contributed by atoms with E-state index in [4.69, 9.17) is 5.73 Å². The summed E-state index contributed by atoms with van der Waals surface area (Å²) in [6.07, 6.45) is 3.44. The minimum atomic E-state index is -0.591. The van der Waals surface area contributed by atoms with Gasteiger partial charge in [0.2, 0.25) is 5.91 Å².